The zero-order valence-corrected chi connectivity index (χ0v) is 7.67. The highest BCUT2D eigenvalue weighted by atomic mass is 19.2. The fourth-order valence-electron chi connectivity index (χ4n) is 1.55. The molecule has 1 aliphatic rings. The highest BCUT2D eigenvalue weighted by Gasteiger charge is 2.31. The molecule has 0 radical (unpaired) electrons. The molecule has 0 aromatic rings. The normalized spacial score (nSPS) is 24.2. The first-order valence-electron chi connectivity index (χ1n) is 4.59. The number of β-amino-alcohol motifs (C(OH)–C–C–N with tert-alkyl or cyclic N) is 1. The summed E-state index contributed by atoms with van der Waals surface area (Å²) in [6, 6.07) is 0. The largest absolute Gasteiger partial charge is 0.395 e. The third-order valence-electron chi connectivity index (χ3n) is 2.62. The molecule has 0 amide bonds. The van der Waals surface area contributed by atoms with E-state index in [0.29, 0.717) is 26.2 Å². The van der Waals surface area contributed by atoms with Gasteiger partial charge in [0.1, 0.15) is 19.6 Å². The molecule has 0 unspecified atom stereocenters. The van der Waals surface area contributed by atoms with Crippen molar-refractivity contribution in [3.63, 3.8) is 0 Å². The van der Waals surface area contributed by atoms with E-state index < -0.39 is 0 Å². The van der Waals surface area contributed by atoms with Crippen LogP contribution < -0.4 is 0 Å². The maximum atomic E-state index is 13.6. The minimum absolute atomic E-state index is 0.179. The Morgan fingerprint density at radius 2 is 2.00 bits per heavy atom. The van der Waals surface area contributed by atoms with Crippen LogP contribution in [-0.4, -0.2) is 60.6 Å². The van der Waals surface area contributed by atoms with E-state index in [1.54, 1.807) is 0 Å². The molecule has 1 N–H and O–H groups in total. The number of hydrogen-bond acceptors (Lipinski definition) is 2. The van der Waals surface area contributed by atoms with Gasteiger partial charge in [-0.25, -0.2) is 0 Å². The van der Waals surface area contributed by atoms with Crippen LogP contribution >= 0.6 is 0 Å². The van der Waals surface area contributed by atoms with Crippen LogP contribution in [0.1, 0.15) is 6.92 Å². The van der Waals surface area contributed by atoms with Crippen LogP contribution in [0.3, 0.4) is 0 Å². The van der Waals surface area contributed by atoms with E-state index in [1.165, 1.54) is 0 Å². The van der Waals surface area contributed by atoms with Crippen LogP contribution in [0.5, 0.6) is 0 Å². The van der Waals surface area contributed by atoms with Gasteiger partial charge < -0.3 is 5.11 Å². The molecule has 0 aromatic heterocycles. The lowest BCUT2D eigenvalue weighted by molar-refractivity contribution is -1.06. The van der Waals surface area contributed by atoms with Gasteiger partial charge in [0.05, 0.1) is 19.7 Å². The van der Waals surface area contributed by atoms with E-state index in [-0.39, 0.29) is 11.3 Å². The minimum Gasteiger partial charge on any atom is -0.395 e. The highest BCUT2D eigenvalue weighted by Crippen LogP contribution is 2.12. The smallest absolute Gasteiger partial charge is 0.128 e. The number of likely N-dealkylation sites (N-methyl/N-ethyl adjacent to an activating group) is 1. The van der Waals surface area contributed by atoms with Crippen LogP contribution in [0.15, 0.2) is 0 Å². The van der Waals surface area contributed by atoms with Gasteiger partial charge >= 0.3 is 0 Å². The highest BCUT2D eigenvalue weighted by molar-refractivity contribution is 4.60. The Bertz CT molecular complexity index is 135. The molecule has 0 aliphatic carbocycles. The molecular weight excluding hydrogens is 159 g/mol. The summed E-state index contributed by atoms with van der Waals surface area (Å²) in [4.78, 5) is 2.10. The Morgan fingerprint density at radius 3 is 2.42 bits per heavy atom. The fourth-order valence-corrected chi connectivity index (χ4v) is 1.55. The number of halogens is 1. The molecule has 1 saturated heterocycles. The number of quaternary nitrogens is 1. The second kappa shape index (κ2) is 4.16. The van der Waals surface area contributed by atoms with Gasteiger partial charge in [0.2, 0.25) is 0 Å². The lowest BCUT2D eigenvalue weighted by Gasteiger charge is -2.34. The number of nitrogens with zero attached hydrogens (tertiary/aromatic N) is 2. The molecule has 0 spiro atoms. The molecule has 0 bridgehead atoms. The summed E-state index contributed by atoms with van der Waals surface area (Å²) in [5, 5.41) is 8.67. The summed E-state index contributed by atoms with van der Waals surface area (Å²) in [7, 11) is 0. The fraction of sp³-hybridized carbons (Fsp3) is 1.00. The molecule has 1 fully saturated rings. The van der Waals surface area contributed by atoms with Gasteiger partial charge in [0, 0.05) is 6.54 Å². The molecule has 3 nitrogen and oxygen atoms in total. The van der Waals surface area contributed by atoms with Gasteiger partial charge in [-0.3, -0.25) is 4.90 Å². The van der Waals surface area contributed by atoms with E-state index in [1.807, 2.05) is 6.92 Å². The van der Waals surface area contributed by atoms with Crippen LogP contribution in [-0.2, 0) is 0 Å². The van der Waals surface area contributed by atoms with Crippen LogP contribution in [0.4, 0.5) is 4.48 Å². The van der Waals surface area contributed by atoms with Crippen molar-refractivity contribution in [1.82, 2.24) is 4.90 Å². The summed E-state index contributed by atoms with van der Waals surface area (Å²) in [5.41, 5.74) is 0. The van der Waals surface area contributed by atoms with Crippen molar-refractivity contribution >= 4 is 0 Å². The third-order valence-corrected chi connectivity index (χ3v) is 2.62. The lowest BCUT2D eigenvalue weighted by atomic mass is 10.3. The first-order valence-corrected chi connectivity index (χ1v) is 4.59. The summed E-state index contributed by atoms with van der Waals surface area (Å²) in [6.07, 6.45) is 0. The molecule has 0 atom stereocenters. The maximum Gasteiger partial charge on any atom is 0.128 e. The van der Waals surface area contributed by atoms with Crippen molar-refractivity contribution in [3.05, 3.63) is 0 Å². The maximum absolute atomic E-state index is 13.6. The van der Waals surface area contributed by atoms with Crippen molar-refractivity contribution in [2.24, 2.45) is 0 Å². The van der Waals surface area contributed by atoms with Crippen molar-refractivity contribution in [1.29, 1.82) is 0 Å². The van der Waals surface area contributed by atoms with Gasteiger partial charge in [-0.05, 0) is 11.4 Å². The quantitative estimate of drug-likeness (QED) is 0.614. The van der Waals surface area contributed by atoms with E-state index >= 15 is 0 Å². The molecule has 1 aliphatic heterocycles. The Balaban J connectivity index is 2.29. The van der Waals surface area contributed by atoms with Crippen LogP contribution in [0.2, 0.25) is 0 Å². The van der Waals surface area contributed by atoms with Crippen LogP contribution in [0.25, 0.3) is 0 Å². The van der Waals surface area contributed by atoms with Crippen molar-refractivity contribution in [2.75, 3.05) is 45.9 Å². The van der Waals surface area contributed by atoms with Gasteiger partial charge in [-0.1, -0.05) is 0 Å². The molecular formula is C8H18FN2O+. The van der Waals surface area contributed by atoms with E-state index in [2.05, 4.69) is 4.90 Å². The average Bonchev–Trinajstić information content (AvgIpc) is 2.10. The second-order valence-electron chi connectivity index (χ2n) is 3.36. The standard InChI is InChI=1S/C8H18FN2O/c1-2-11(9)6-3-10(4-7-11)5-8-12/h12H,2-8H2,1H3/q+1. The van der Waals surface area contributed by atoms with E-state index in [0.717, 1.165) is 13.1 Å². The third kappa shape index (κ3) is 2.40. The molecule has 4 heteroatoms. The van der Waals surface area contributed by atoms with Gasteiger partial charge in [-0.2, -0.15) is 0 Å². The van der Waals surface area contributed by atoms with Crippen molar-refractivity contribution in [3.8, 4) is 0 Å². The minimum atomic E-state index is -0.304. The zero-order chi connectivity index (χ0) is 9.03. The summed E-state index contributed by atoms with van der Waals surface area (Å²) in [6.45, 7) is 5.97. The van der Waals surface area contributed by atoms with Crippen LogP contribution in [0, 0.1) is 0 Å². The molecule has 72 valence electrons. The Labute approximate surface area is 72.9 Å². The number of rotatable bonds is 3. The number of hydrogen-bond donors (Lipinski definition) is 1. The van der Waals surface area contributed by atoms with E-state index in [4.69, 9.17) is 5.11 Å². The zero-order valence-electron chi connectivity index (χ0n) is 7.67. The predicted octanol–water partition coefficient (Wildman–Crippen LogP) is 0.0155. The average molecular weight is 177 g/mol. The van der Waals surface area contributed by atoms with E-state index in [9.17, 15) is 4.48 Å². The first-order chi connectivity index (χ1) is 5.70. The first kappa shape index (κ1) is 9.89. The topological polar surface area (TPSA) is 23.5 Å². The van der Waals surface area contributed by atoms with Gasteiger partial charge in [-0.15, -0.1) is 4.71 Å². The van der Waals surface area contributed by atoms with Gasteiger partial charge in [0.25, 0.3) is 0 Å². The Morgan fingerprint density at radius 1 is 1.42 bits per heavy atom. The molecule has 0 saturated carbocycles. The Kier molecular flexibility index (Phi) is 3.43. The summed E-state index contributed by atoms with van der Waals surface area (Å²) >= 11 is 0. The lowest BCUT2D eigenvalue weighted by Crippen LogP contribution is -2.54. The van der Waals surface area contributed by atoms with Gasteiger partial charge in [0.15, 0.2) is 0 Å². The number of aliphatic hydroxyl groups is 1. The predicted molar refractivity (Wildman–Crippen MR) is 45.2 cm³/mol. The molecule has 12 heavy (non-hydrogen) atoms. The second-order valence-corrected chi connectivity index (χ2v) is 3.36. The summed E-state index contributed by atoms with van der Waals surface area (Å²) < 4.78 is 13.3. The monoisotopic (exact) mass is 177 g/mol. The summed E-state index contributed by atoms with van der Waals surface area (Å²) in [5.74, 6) is 0. The number of aliphatic hydroxyl groups excluding tert-OH is 1. The molecule has 1 rings (SSSR count). The Hall–Kier alpha value is -0.190. The van der Waals surface area contributed by atoms with Crippen molar-refractivity contribution in [2.45, 2.75) is 6.92 Å². The molecule has 1 heterocycles. The molecule has 0 aromatic carbocycles. The SMILES string of the molecule is CC[N+]1(F)CCN(CCO)CC1. The number of piperazine rings is 1. The van der Waals surface area contributed by atoms with Crippen molar-refractivity contribution < 1.29 is 14.3 Å².